The number of hydrogen-bond donors (Lipinski definition) is 2. The van der Waals surface area contributed by atoms with Gasteiger partial charge in [0.1, 0.15) is 6.04 Å². The molecule has 174 valence electrons. The molecule has 0 heterocycles. The molecule has 0 radical (unpaired) electrons. The summed E-state index contributed by atoms with van der Waals surface area (Å²) in [5.74, 6) is 0.537. The molecule has 0 unspecified atom stereocenters. The van der Waals surface area contributed by atoms with E-state index in [1.165, 1.54) is 7.11 Å². The summed E-state index contributed by atoms with van der Waals surface area (Å²) in [6, 6.07) is 9.37. The molecule has 3 N–H and O–H groups in total. The summed E-state index contributed by atoms with van der Waals surface area (Å²) in [4.78, 5) is 26.7. The molecule has 0 aliphatic heterocycles. The van der Waals surface area contributed by atoms with E-state index in [1.54, 1.807) is 11.8 Å². The summed E-state index contributed by atoms with van der Waals surface area (Å²) in [5, 5.41) is 2.83. The Balaban J connectivity index is 0. The van der Waals surface area contributed by atoms with E-state index < -0.39 is 12.0 Å². The van der Waals surface area contributed by atoms with Crippen LogP contribution in [-0.4, -0.2) is 61.1 Å². The lowest BCUT2D eigenvalue weighted by Gasteiger charge is -2.28. The molecule has 3 atom stereocenters. The number of nitrogens with zero attached hydrogens (tertiary/aromatic N) is 1. The molecule has 1 aromatic rings. The van der Waals surface area contributed by atoms with Crippen LogP contribution in [-0.2, 0) is 20.9 Å². The second-order valence-electron chi connectivity index (χ2n) is 7.13. The number of ether oxygens (including phenoxy) is 1. The van der Waals surface area contributed by atoms with E-state index in [-0.39, 0.29) is 43.3 Å². The number of rotatable bonds is 13. The lowest BCUT2D eigenvalue weighted by Crippen LogP contribution is -2.49. The van der Waals surface area contributed by atoms with Crippen molar-refractivity contribution in [3.8, 4) is 0 Å². The van der Waals surface area contributed by atoms with Crippen LogP contribution in [0.25, 0.3) is 0 Å². The van der Waals surface area contributed by atoms with Crippen LogP contribution in [0.1, 0.15) is 32.3 Å². The third-order valence-electron chi connectivity index (χ3n) is 4.89. The predicted octanol–water partition coefficient (Wildman–Crippen LogP) is 3.12. The third-order valence-corrected chi connectivity index (χ3v) is 5.54. The maximum Gasteiger partial charge on any atom is 0.328 e. The molecular formula is C21H37Cl2N3O3S. The van der Waals surface area contributed by atoms with Gasteiger partial charge in [-0.05, 0) is 29.9 Å². The summed E-state index contributed by atoms with van der Waals surface area (Å²) in [7, 11) is 1.34. The SMILES string of the molecule is CC[C@H](C)[C@H](N)CN(CC(=O)N[C@@H](CCSC)C(=O)OC)Cc1ccccc1.Cl.Cl. The minimum atomic E-state index is -0.619. The molecule has 30 heavy (non-hydrogen) atoms. The zero-order chi connectivity index (χ0) is 20.9. The van der Waals surface area contributed by atoms with Gasteiger partial charge in [0.05, 0.1) is 13.7 Å². The molecule has 1 amide bonds. The van der Waals surface area contributed by atoms with Crippen molar-refractivity contribution in [1.82, 2.24) is 10.2 Å². The molecule has 0 spiro atoms. The Morgan fingerprint density at radius 1 is 1.23 bits per heavy atom. The number of hydrogen-bond acceptors (Lipinski definition) is 6. The topological polar surface area (TPSA) is 84.7 Å². The summed E-state index contributed by atoms with van der Waals surface area (Å²) in [5.41, 5.74) is 7.47. The highest BCUT2D eigenvalue weighted by molar-refractivity contribution is 7.98. The van der Waals surface area contributed by atoms with E-state index in [9.17, 15) is 9.59 Å². The van der Waals surface area contributed by atoms with E-state index in [1.807, 2.05) is 41.5 Å². The van der Waals surface area contributed by atoms with Crippen LogP contribution < -0.4 is 11.1 Å². The van der Waals surface area contributed by atoms with E-state index >= 15 is 0 Å². The summed E-state index contributed by atoms with van der Waals surface area (Å²) in [6.45, 7) is 5.68. The fourth-order valence-electron chi connectivity index (χ4n) is 2.88. The van der Waals surface area contributed by atoms with Crippen molar-refractivity contribution in [3.63, 3.8) is 0 Å². The average molecular weight is 483 g/mol. The number of nitrogens with one attached hydrogen (secondary N) is 1. The monoisotopic (exact) mass is 481 g/mol. The summed E-state index contributed by atoms with van der Waals surface area (Å²) >= 11 is 1.63. The van der Waals surface area contributed by atoms with Crippen molar-refractivity contribution in [3.05, 3.63) is 35.9 Å². The standard InChI is InChI=1S/C21H35N3O3S.2ClH/c1-5-16(2)18(22)14-24(13-17-9-7-6-8-10-17)15-20(25)23-19(11-12-28-4)21(26)27-3;;/h6-10,16,18-19H,5,11-15,22H2,1-4H3,(H,23,25);2*1H/t16-,18+,19-;;/m0../s1. The number of amides is 1. The number of benzene rings is 1. The van der Waals surface area contributed by atoms with Crippen molar-refractivity contribution in [1.29, 1.82) is 0 Å². The first-order chi connectivity index (χ1) is 13.4. The highest BCUT2D eigenvalue weighted by Crippen LogP contribution is 2.11. The van der Waals surface area contributed by atoms with Crippen LogP contribution in [0.2, 0.25) is 0 Å². The van der Waals surface area contributed by atoms with Gasteiger partial charge in [-0.25, -0.2) is 4.79 Å². The number of methoxy groups -OCH3 is 1. The fraction of sp³-hybridized carbons (Fsp3) is 0.619. The minimum Gasteiger partial charge on any atom is -0.467 e. The molecule has 0 fully saturated rings. The molecule has 6 nitrogen and oxygen atoms in total. The molecule has 0 bridgehead atoms. The van der Waals surface area contributed by atoms with E-state index in [4.69, 9.17) is 10.5 Å². The van der Waals surface area contributed by atoms with Gasteiger partial charge in [0.2, 0.25) is 5.91 Å². The first-order valence-corrected chi connectivity index (χ1v) is 11.2. The molecule has 9 heteroatoms. The molecule has 1 rings (SSSR count). The van der Waals surface area contributed by atoms with E-state index in [2.05, 4.69) is 19.2 Å². The van der Waals surface area contributed by atoms with Gasteiger partial charge in [-0.1, -0.05) is 50.6 Å². The normalized spacial score (nSPS) is 13.4. The van der Waals surface area contributed by atoms with Gasteiger partial charge in [-0.3, -0.25) is 9.69 Å². The lowest BCUT2D eigenvalue weighted by atomic mass is 9.99. The highest BCUT2D eigenvalue weighted by atomic mass is 35.5. The van der Waals surface area contributed by atoms with Crippen LogP contribution in [0.4, 0.5) is 0 Å². The van der Waals surface area contributed by atoms with Gasteiger partial charge >= 0.3 is 5.97 Å². The van der Waals surface area contributed by atoms with Gasteiger partial charge in [0, 0.05) is 19.1 Å². The zero-order valence-electron chi connectivity index (χ0n) is 18.3. The number of thioether (sulfide) groups is 1. The second kappa shape index (κ2) is 17.7. The average Bonchev–Trinajstić information content (AvgIpc) is 2.70. The van der Waals surface area contributed by atoms with Gasteiger partial charge in [-0.2, -0.15) is 11.8 Å². The Hall–Kier alpha value is -0.990. The molecule has 0 saturated carbocycles. The number of carbonyl (C=O) groups excluding carboxylic acids is 2. The first kappa shape index (κ1) is 31.2. The minimum absolute atomic E-state index is 0. The lowest BCUT2D eigenvalue weighted by molar-refractivity contribution is -0.145. The van der Waals surface area contributed by atoms with E-state index in [0.29, 0.717) is 25.4 Å². The van der Waals surface area contributed by atoms with Crippen LogP contribution in [0, 0.1) is 5.92 Å². The summed E-state index contributed by atoms with van der Waals surface area (Å²) in [6.07, 6.45) is 3.50. The Labute approximate surface area is 197 Å². The number of carbonyl (C=O) groups is 2. The quantitative estimate of drug-likeness (QED) is 0.421. The van der Waals surface area contributed by atoms with Crippen LogP contribution in [0.15, 0.2) is 30.3 Å². The second-order valence-corrected chi connectivity index (χ2v) is 8.11. The van der Waals surface area contributed by atoms with Crippen LogP contribution in [0.5, 0.6) is 0 Å². The largest absolute Gasteiger partial charge is 0.467 e. The van der Waals surface area contributed by atoms with Gasteiger partial charge < -0.3 is 15.8 Å². The van der Waals surface area contributed by atoms with Crippen molar-refractivity contribution < 1.29 is 14.3 Å². The molecule has 1 aromatic carbocycles. The predicted molar refractivity (Wildman–Crippen MR) is 131 cm³/mol. The zero-order valence-corrected chi connectivity index (χ0v) is 20.8. The van der Waals surface area contributed by atoms with Crippen molar-refractivity contribution >= 4 is 48.5 Å². The molecule has 0 aliphatic carbocycles. The maximum absolute atomic E-state index is 12.7. The number of halogens is 2. The van der Waals surface area contributed by atoms with Crippen molar-refractivity contribution in [2.45, 2.75) is 45.3 Å². The Kier molecular flexibility index (Phi) is 18.4. The van der Waals surface area contributed by atoms with Crippen LogP contribution in [0.3, 0.4) is 0 Å². The van der Waals surface area contributed by atoms with Gasteiger partial charge in [0.15, 0.2) is 0 Å². The fourth-order valence-corrected chi connectivity index (χ4v) is 3.35. The Bertz CT molecular complexity index is 596. The van der Waals surface area contributed by atoms with Crippen molar-refractivity contribution in [2.75, 3.05) is 32.2 Å². The smallest absolute Gasteiger partial charge is 0.328 e. The van der Waals surface area contributed by atoms with Crippen molar-refractivity contribution in [2.24, 2.45) is 11.7 Å². The van der Waals surface area contributed by atoms with Gasteiger partial charge in [0.25, 0.3) is 0 Å². The third kappa shape index (κ3) is 12.0. The Morgan fingerprint density at radius 2 is 1.87 bits per heavy atom. The molecule has 0 saturated heterocycles. The first-order valence-electron chi connectivity index (χ1n) is 9.79. The maximum atomic E-state index is 12.7. The Morgan fingerprint density at radius 3 is 2.40 bits per heavy atom. The molecule has 0 aliphatic rings. The molecular weight excluding hydrogens is 445 g/mol. The number of nitrogens with two attached hydrogens (primary N) is 1. The highest BCUT2D eigenvalue weighted by Gasteiger charge is 2.23. The number of esters is 1. The van der Waals surface area contributed by atoms with Gasteiger partial charge in [-0.15, -0.1) is 24.8 Å². The van der Waals surface area contributed by atoms with E-state index in [0.717, 1.165) is 17.7 Å². The molecule has 0 aromatic heterocycles. The van der Waals surface area contributed by atoms with Crippen LogP contribution >= 0.6 is 36.6 Å². The summed E-state index contributed by atoms with van der Waals surface area (Å²) < 4.78 is 4.82.